The van der Waals surface area contributed by atoms with E-state index in [4.69, 9.17) is 0 Å². The molecule has 0 radical (unpaired) electrons. The molecule has 1 aliphatic rings. The summed E-state index contributed by atoms with van der Waals surface area (Å²) in [6, 6.07) is 8.12. The van der Waals surface area contributed by atoms with Crippen LogP contribution in [0.1, 0.15) is 25.8 Å². The Kier molecular flexibility index (Phi) is 4.31. The molecular weight excluding hydrogens is 306 g/mol. The Morgan fingerprint density at radius 2 is 2.16 bits per heavy atom. The topological polar surface area (TPSA) is 40.5 Å². The first-order chi connectivity index (χ1) is 8.95. The lowest BCUT2D eigenvalue weighted by Gasteiger charge is -2.29. The van der Waals surface area contributed by atoms with Gasteiger partial charge in [0.05, 0.1) is 5.41 Å². The van der Waals surface area contributed by atoms with Gasteiger partial charge in [-0.1, -0.05) is 48.0 Å². The average molecular weight is 326 g/mol. The van der Waals surface area contributed by atoms with Crippen LogP contribution in [0.2, 0.25) is 0 Å². The Bertz CT molecular complexity index is 475. The van der Waals surface area contributed by atoms with Crippen molar-refractivity contribution in [3.8, 4) is 0 Å². The number of carboxylic acids is 1. The zero-order valence-electron chi connectivity index (χ0n) is 11.4. The summed E-state index contributed by atoms with van der Waals surface area (Å²) in [5, 5.41) is 9.54. The lowest BCUT2D eigenvalue weighted by atomic mass is 9.76. The van der Waals surface area contributed by atoms with Gasteiger partial charge in [0.15, 0.2) is 0 Å². The minimum absolute atomic E-state index is 0.161. The molecule has 1 aliphatic heterocycles. The third-order valence-electron chi connectivity index (χ3n) is 4.26. The summed E-state index contributed by atoms with van der Waals surface area (Å²) in [7, 11) is 0. The molecule has 1 fully saturated rings. The molecule has 1 saturated heterocycles. The number of hydrogen-bond donors (Lipinski definition) is 1. The molecule has 1 aromatic rings. The number of carboxylic acid groups (broad SMARTS) is 1. The zero-order chi connectivity index (χ0) is 14.0. The number of hydrogen-bond acceptors (Lipinski definition) is 2. The molecule has 1 N–H and O–H groups in total. The van der Waals surface area contributed by atoms with E-state index >= 15 is 0 Å². The van der Waals surface area contributed by atoms with E-state index in [-0.39, 0.29) is 5.92 Å². The van der Waals surface area contributed by atoms with Gasteiger partial charge in [0.25, 0.3) is 0 Å². The molecule has 1 aromatic carbocycles. The van der Waals surface area contributed by atoms with E-state index in [0.717, 1.165) is 24.0 Å². The monoisotopic (exact) mass is 325 g/mol. The minimum Gasteiger partial charge on any atom is -0.481 e. The second kappa shape index (κ2) is 5.63. The SMILES string of the molecule is CC(C)C1(C(=O)O)CCN(Cc2ccccc2Br)C1. The van der Waals surface area contributed by atoms with E-state index in [1.165, 1.54) is 5.56 Å². The van der Waals surface area contributed by atoms with E-state index < -0.39 is 11.4 Å². The Morgan fingerprint density at radius 3 is 2.68 bits per heavy atom. The first-order valence-corrected chi connectivity index (χ1v) is 7.44. The van der Waals surface area contributed by atoms with Crippen molar-refractivity contribution in [2.24, 2.45) is 11.3 Å². The summed E-state index contributed by atoms with van der Waals surface area (Å²) in [5.41, 5.74) is 0.633. The normalized spacial score (nSPS) is 24.0. The van der Waals surface area contributed by atoms with Gasteiger partial charge in [-0.25, -0.2) is 0 Å². The standard InChI is InChI=1S/C15H20BrNO2/c1-11(2)15(14(18)19)7-8-17(10-15)9-12-5-3-4-6-13(12)16/h3-6,11H,7-10H2,1-2H3,(H,18,19). The van der Waals surface area contributed by atoms with Crippen LogP contribution < -0.4 is 0 Å². The highest BCUT2D eigenvalue weighted by atomic mass is 79.9. The highest BCUT2D eigenvalue weighted by molar-refractivity contribution is 9.10. The molecule has 3 nitrogen and oxygen atoms in total. The third kappa shape index (κ3) is 2.84. The van der Waals surface area contributed by atoms with Crippen molar-refractivity contribution in [1.82, 2.24) is 4.90 Å². The van der Waals surface area contributed by atoms with Crippen LogP contribution in [-0.4, -0.2) is 29.1 Å². The molecule has 0 aliphatic carbocycles. The van der Waals surface area contributed by atoms with E-state index in [2.05, 4.69) is 26.9 Å². The lowest BCUT2D eigenvalue weighted by Crippen LogP contribution is -2.39. The van der Waals surface area contributed by atoms with Gasteiger partial charge in [-0.05, 0) is 30.5 Å². The summed E-state index contributed by atoms with van der Waals surface area (Å²) < 4.78 is 1.09. The lowest BCUT2D eigenvalue weighted by molar-refractivity contribution is -0.151. The van der Waals surface area contributed by atoms with Crippen molar-refractivity contribution in [2.45, 2.75) is 26.8 Å². The van der Waals surface area contributed by atoms with Gasteiger partial charge in [0.1, 0.15) is 0 Å². The van der Waals surface area contributed by atoms with Gasteiger partial charge in [0.2, 0.25) is 0 Å². The highest BCUT2D eigenvalue weighted by Crippen LogP contribution is 2.39. The van der Waals surface area contributed by atoms with Crippen LogP contribution in [0, 0.1) is 11.3 Å². The van der Waals surface area contributed by atoms with Crippen LogP contribution in [0.25, 0.3) is 0 Å². The fraction of sp³-hybridized carbons (Fsp3) is 0.533. The number of halogens is 1. The number of benzene rings is 1. The van der Waals surface area contributed by atoms with Crippen molar-refractivity contribution in [1.29, 1.82) is 0 Å². The third-order valence-corrected chi connectivity index (χ3v) is 5.04. The fourth-order valence-electron chi connectivity index (χ4n) is 2.81. The molecule has 4 heteroatoms. The van der Waals surface area contributed by atoms with Gasteiger partial charge in [0, 0.05) is 17.6 Å². The fourth-order valence-corrected chi connectivity index (χ4v) is 3.22. The smallest absolute Gasteiger partial charge is 0.311 e. The molecule has 0 amide bonds. The first-order valence-electron chi connectivity index (χ1n) is 6.65. The predicted octanol–water partition coefficient (Wildman–Crippen LogP) is 3.38. The van der Waals surface area contributed by atoms with Crippen LogP contribution in [-0.2, 0) is 11.3 Å². The Hall–Kier alpha value is -0.870. The molecule has 1 unspecified atom stereocenters. The minimum atomic E-state index is -0.655. The van der Waals surface area contributed by atoms with Gasteiger partial charge < -0.3 is 5.11 Å². The van der Waals surface area contributed by atoms with E-state index in [0.29, 0.717) is 6.54 Å². The number of aliphatic carboxylic acids is 1. The predicted molar refractivity (Wildman–Crippen MR) is 78.9 cm³/mol. The van der Waals surface area contributed by atoms with Crippen molar-refractivity contribution in [3.05, 3.63) is 34.3 Å². The summed E-state index contributed by atoms with van der Waals surface area (Å²) in [5.74, 6) is -0.494. The summed E-state index contributed by atoms with van der Waals surface area (Å²) in [4.78, 5) is 13.8. The van der Waals surface area contributed by atoms with Crippen LogP contribution in [0.3, 0.4) is 0 Å². The molecule has 19 heavy (non-hydrogen) atoms. The zero-order valence-corrected chi connectivity index (χ0v) is 13.0. The van der Waals surface area contributed by atoms with Crippen molar-refractivity contribution in [2.75, 3.05) is 13.1 Å². The Balaban J connectivity index is 2.10. The van der Waals surface area contributed by atoms with Crippen LogP contribution in [0.4, 0.5) is 0 Å². The second-order valence-corrected chi connectivity index (χ2v) is 6.52. The molecule has 1 atom stereocenters. The summed E-state index contributed by atoms with van der Waals surface area (Å²) in [6.07, 6.45) is 0.741. The maximum absolute atomic E-state index is 11.6. The molecule has 0 spiro atoms. The maximum Gasteiger partial charge on any atom is 0.311 e. The van der Waals surface area contributed by atoms with Gasteiger partial charge in [-0.3, -0.25) is 9.69 Å². The van der Waals surface area contributed by atoms with Crippen molar-refractivity contribution >= 4 is 21.9 Å². The Labute approximate surface area is 122 Å². The molecule has 2 rings (SSSR count). The number of rotatable bonds is 4. The molecule has 0 aromatic heterocycles. The molecule has 104 valence electrons. The molecule has 1 heterocycles. The van der Waals surface area contributed by atoms with Crippen molar-refractivity contribution < 1.29 is 9.90 Å². The van der Waals surface area contributed by atoms with E-state index in [1.54, 1.807) is 0 Å². The van der Waals surface area contributed by atoms with Gasteiger partial charge in [-0.15, -0.1) is 0 Å². The molecule has 0 bridgehead atoms. The average Bonchev–Trinajstić information content (AvgIpc) is 2.77. The molecule has 0 saturated carbocycles. The number of likely N-dealkylation sites (tertiary alicyclic amines) is 1. The van der Waals surface area contributed by atoms with Crippen LogP contribution in [0.15, 0.2) is 28.7 Å². The summed E-state index contributed by atoms with van der Waals surface area (Å²) in [6.45, 7) is 6.32. The quantitative estimate of drug-likeness (QED) is 0.922. The molecular formula is C15H20BrNO2. The van der Waals surface area contributed by atoms with E-state index in [1.807, 2.05) is 32.0 Å². The van der Waals surface area contributed by atoms with Crippen LogP contribution in [0.5, 0.6) is 0 Å². The first kappa shape index (κ1) is 14.5. The van der Waals surface area contributed by atoms with Crippen molar-refractivity contribution in [3.63, 3.8) is 0 Å². The second-order valence-electron chi connectivity index (χ2n) is 5.67. The van der Waals surface area contributed by atoms with Crippen LogP contribution >= 0.6 is 15.9 Å². The van der Waals surface area contributed by atoms with Gasteiger partial charge in [-0.2, -0.15) is 0 Å². The number of nitrogens with zero attached hydrogens (tertiary/aromatic N) is 1. The van der Waals surface area contributed by atoms with E-state index in [9.17, 15) is 9.90 Å². The van der Waals surface area contributed by atoms with Gasteiger partial charge >= 0.3 is 5.97 Å². The maximum atomic E-state index is 11.6. The Morgan fingerprint density at radius 1 is 1.47 bits per heavy atom. The largest absolute Gasteiger partial charge is 0.481 e. The number of carbonyl (C=O) groups is 1. The highest BCUT2D eigenvalue weighted by Gasteiger charge is 2.47. The summed E-state index contributed by atoms with van der Waals surface area (Å²) >= 11 is 3.55.